The number of thiophene rings is 1. The van der Waals surface area contributed by atoms with E-state index in [-0.39, 0.29) is 0 Å². The van der Waals surface area contributed by atoms with Gasteiger partial charge >= 0.3 is 0 Å². The Morgan fingerprint density at radius 3 is 2.47 bits per heavy atom. The summed E-state index contributed by atoms with van der Waals surface area (Å²) >= 11 is 13.5. The number of halogens is 2. The van der Waals surface area contributed by atoms with Gasteiger partial charge in [-0.3, -0.25) is 0 Å². The van der Waals surface area contributed by atoms with Gasteiger partial charge in [0.25, 0.3) is 0 Å². The fourth-order valence-electron chi connectivity index (χ4n) is 1.28. The molecule has 0 atom stereocenters. The summed E-state index contributed by atoms with van der Waals surface area (Å²) in [7, 11) is 0. The lowest BCUT2D eigenvalue weighted by Crippen LogP contribution is -1.85. The second-order valence-electron chi connectivity index (χ2n) is 3.30. The van der Waals surface area contributed by atoms with E-state index >= 15 is 0 Å². The van der Waals surface area contributed by atoms with Crippen molar-refractivity contribution in [2.75, 3.05) is 5.73 Å². The quantitative estimate of drug-likeness (QED) is 0.742. The van der Waals surface area contributed by atoms with E-state index in [1.807, 2.05) is 19.1 Å². The van der Waals surface area contributed by atoms with Crippen LogP contribution in [-0.2, 0) is 0 Å². The van der Waals surface area contributed by atoms with E-state index < -0.39 is 0 Å². The number of anilines is 1. The molecule has 0 radical (unpaired) electrons. The maximum Gasteiger partial charge on any atom is 0.0963 e. The van der Waals surface area contributed by atoms with E-state index in [0.717, 1.165) is 20.3 Å². The molecule has 0 fully saturated rings. The highest BCUT2D eigenvalue weighted by Gasteiger charge is 2.06. The summed E-state index contributed by atoms with van der Waals surface area (Å²) in [6, 6.07) is 7.66. The summed E-state index contributed by atoms with van der Waals surface area (Å²) in [4.78, 5) is 1.11. The second-order valence-corrected chi connectivity index (χ2v) is 5.37. The van der Waals surface area contributed by atoms with Crippen LogP contribution in [0.5, 0.6) is 0 Å². The molecule has 1 aromatic heterocycles. The Hall–Kier alpha value is -0.700. The van der Waals surface area contributed by atoms with Crippen molar-refractivity contribution in [1.82, 2.24) is 0 Å². The van der Waals surface area contributed by atoms with Crippen molar-refractivity contribution in [3.8, 4) is 10.4 Å². The first kappa shape index (κ1) is 10.8. The predicted octanol–water partition coefficient (Wildman–Crippen LogP) is 4.61. The number of aryl methyl sites for hydroxylation is 1. The summed E-state index contributed by atoms with van der Waals surface area (Å²) in [5.41, 5.74) is 8.38. The smallest absolute Gasteiger partial charge is 0.0963 e. The minimum Gasteiger partial charge on any atom is -0.398 e. The molecule has 0 bridgehead atoms. The summed E-state index contributed by atoms with van der Waals surface area (Å²) in [6.45, 7) is 1.99. The lowest BCUT2D eigenvalue weighted by atomic mass is 10.1. The van der Waals surface area contributed by atoms with Crippen LogP contribution in [0.4, 0.5) is 5.69 Å². The van der Waals surface area contributed by atoms with Crippen LogP contribution in [0.1, 0.15) is 5.56 Å². The Morgan fingerprint density at radius 2 is 1.93 bits per heavy atom. The van der Waals surface area contributed by atoms with Crippen molar-refractivity contribution in [2.45, 2.75) is 6.92 Å². The van der Waals surface area contributed by atoms with E-state index in [1.165, 1.54) is 0 Å². The normalized spacial score (nSPS) is 10.6. The van der Waals surface area contributed by atoms with Crippen molar-refractivity contribution < 1.29 is 0 Å². The first-order valence-corrected chi connectivity index (χ1v) is 5.96. The Kier molecular flexibility index (Phi) is 2.91. The van der Waals surface area contributed by atoms with E-state index in [2.05, 4.69) is 6.07 Å². The SMILES string of the molecule is Cc1cc(-c2ccc(N)c(Cl)c2)sc1Cl. The molecule has 0 amide bonds. The topological polar surface area (TPSA) is 26.0 Å². The fraction of sp³-hybridized carbons (Fsp3) is 0.0909. The Balaban J connectivity index is 2.49. The highest BCUT2D eigenvalue weighted by Crippen LogP contribution is 2.36. The number of hydrogen-bond donors (Lipinski definition) is 1. The van der Waals surface area contributed by atoms with Gasteiger partial charge in [0.2, 0.25) is 0 Å². The monoisotopic (exact) mass is 257 g/mol. The number of nitrogens with two attached hydrogens (primary N) is 1. The molecule has 2 rings (SSSR count). The molecule has 0 aliphatic heterocycles. The second kappa shape index (κ2) is 4.05. The molecule has 0 saturated carbocycles. The minimum absolute atomic E-state index is 0.578. The molecule has 15 heavy (non-hydrogen) atoms. The van der Waals surface area contributed by atoms with Gasteiger partial charge in [-0.15, -0.1) is 11.3 Å². The molecule has 2 aromatic rings. The zero-order valence-electron chi connectivity index (χ0n) is 8.05. The van der Waals surface area contributed by atoms with Gasteiger partial charge in [-0.1, -0.05) is 29.3 Å². The average molecular weight is 258 g/mol. The Labute approximate surface area is 102 Å². The number of rotatable bonds is 1. The van der Waals surface area contributed by atoms with Crippen molar-refractivity contribution in [3.63, 3.8) is 0 Å². The molecule has 1 aromatic carbocycles. The largest absolute Gasteiger partial charge is 0.398 e. The third-order valence-electron chi connectivity index (χ3n) is 2.14. The van der Waals surface area contributed by atoms with Crippen LogP contribution < -0.4 is 5.73 Å². The highest BCUT2D eigenvalue weighted by molar-refractivity contribution is 7.19. The predicted molar refractivity (Wildman–Crippen MR) is 68.9 cm³/mol. The maximum atomic E-state index is 6.01. The third kappa shape index (κ3) is 2.12. The van der Waals surface area contributed by atoms with Crippen LogP contribution in [-0.4, -0.2) is 0 Å². The fourth-order valence-corrected chi connectivity index (χ4v) is 2.66. The number of benzene rings is 1. The summed E-state index contributed by atoms with van der Waals surface area (Å²) in [5.74, 6) is 0. The molecule has 2 N–H and O–H groups in total. The summed E-state index contributed by atoms with van der Waals surface area (Å²) in [6.07, 6.45) is 0. The molecular weight excluding hydrogens is 249 g/mol. The van der Waals surface area contributed by atoms with Gasteiger partial charge in [0, 0.05) is 4.88 Å². The van der Waals surface area contributed by atoms with Gasteiger partial charge in [-0.25, -0.2) is 0 Å². The molecule has 0 unspecified atom stereocenters. The number of hydrogen-bond acceptors (Lipinski definition) is 2. The highest BCUT2D eigenvalue weighted by atomic mass is 35.5. The molecule has 1 heterocycles. The molecule has 1 nitrogen and oxygen atoms in total. The maximum absolute atomic E-state index is 6.01. The minimum atomic E-state index is 0.578. The standard InChI is InChI=1S/C11H9Cl2NS/c1-6-4-10(15-11(6)13)7-2-3-9(14)8(12)5-7/h2-5H,14H2,1H3. The lowest BCUT2D eigenvalue weighted by molar-refractivity contribution is 1.55. The molecule has 0 saturated heterocycles. The molecular formula is C11H9Cl2NS. The first-order valence-electron chi connectivity index (χ1n) is 4.39. The van der Waals surface area contributed by atoms with Crippen LogP contribution in [0.3, 0.4) is 0 Å². The molecule has 0 spiro atoms. The van der Waals surface area contributed by atoms with Crippen LogP contribution in [0.15, 0.2) is 24.3 Å². The van der Waals surface area contributed by atoms with Gasteiger partial charge in [0.05, 0.1) is 15.0 Å². The Bertz CT molecular complexity index is 486. The van der Waals surface area contributed by atoms with Gasteiger partial charge in [-0.05, 0) is 36.2 Å². The molecule has 78 valence electrons. The van der Waals surface area contributed by atoms with Gasteiger partial charge in [-0.2, -0.15) is 0 Å². The molecule has 0 aliphatic carbocycles. The van der Waals surface area contributed by atoms with E-state index in [0.29, 0.717) is 10.7 Å². The average Bonchev–Trinajstić information content (AvgIpc) is 2.52. The van der Waals surface area contributed by atoms with E-state index in [1.54, 1.807) is 17.4 Å². The van der Waals surface area contributed by atoms with E-state index in [4.69, 9.17) is 28.9 Å². The lowest BCUT2D eigenvalue weighted by Gasteiger charge is -2.00. The van der Waals surface area contributed by atoms with Gasteiger partial charge in [0.1, 0.15) is 0 Å². The van der Waals surface area contributed by atoms with E-state index in [9.17, 15) is 0 Å². The number of nitrogen functional groups attached to an aromatic ring is 1. The summed E-state index contributed by atoms with van der Waals surface area (Å²) < 4.78 is 0.818. The molecule has 4 heteroatoms. The van der Waals surface area contributed by atoms with Crippen LogP contribution in [0.25, 0.3) is 10.4 Å². The van der Waals surface area contributed by atoms with Gasteiger partial charge in [0.15, 0.2) is 0 Å². The Morgan fingerprint density at radius 1 is 1.20 bits per heavy atom. The zero-order chi connectivity index (χ0) is 11.0. The van der Waals surface area contributed by atoms with Crippen LogP contribution in [0.2, 0.25) is 9.36 Å². The first-order chi connectivity index (χ1) is 7.08. The van der Waals surface area contributed by atoms with Crippen molar-refractivity contribution >= 4 is 40.2 Å². The van der Waals surface area contributed by atoms with Crippen molar-refractivity contribution in [2.24, 2.45) is 0 Å². The van der Waals surface area contributed by atoms with Crippen molar-refractivity contribution in [3.05, 3.63) is 39.2 Å². The third-order valence-corrected chi connectivity index (χ3v) is 4.07. The van der Waals surface area contributed by atoms with Crippen molar-refractivity contribution in [1.29, 1.82) is 0 Å². The van der Waals surface area contributed by atoms with Gasteiger partial charge < -0.3 is 5.73 Å². The van der Waals surface area contributed by atoms with Crippen LogP contribution >= 0.6 is 34.5 Å². The van der Waals surface area contributed by atoms with Crippen LogP contribution in [0, 0.1) is 6.92 Å². The molecule has 0 aliphatic rings. The summed E-state index contributed by atoms with van der Waals surface area (Å²) in [5, 5.41) is 0.578. The zero-order valence-corrected chi connectivity index (χ0v) is 10.4.